The minimum atomic E-state index is -0.420. The number of nitrogens with two attached hydrogens (primary N) is 1. The Morgan fingerprint density at radius 2 is 1.96 bits per heavy atom. The zero-order valence-corrected chi connectivity index (χ0v) is 13.8. The summed E-state index contributed by atoms with van der Waals surface area (Å²) in [6, 6.07) is 3.48. The van der Waals surface area contributed by atoms with E-state index in [0.717, 1.165) is 31.0 Å². The minimum absolute atomic E-state index is 0.0914. The van der Waals surface area contributed by atoms with E-state index in [0.29, 0.717) is 5.92 Å². The number of aromatic nitrogens is 1. The molecule has 23 heavy (non-hydrogen) atoms. The Morgan fingerprint density at radius 1 is 1.22 bits per heavy atom. The number of rotatable bonds is 5. The number of nitrogens with zero attached hydrogens (tertiary/aromatic N) is 2. The van der Waals surface area contributed by atoms with E-state index in [9.17, 15) is 4.79 Å². The molecule has 1 saturated carbocycles. The first-order chi connectivity index (χ1) is 11.2. The number of hydrogen-bond donors (Lipinski definition) is 2. The highest BCUT2D eigenvalue weighted by molar-refractivity contribution is 5.94. The normalized spacial score (nSPS) is 20.5. The number of hydrogen-bond acceptors (Lipinski definition) is 4. The fraction of sp³-hybridized carbons (Fsp3) is 0.667. The van der Waals surface area contributed by atoms with Gasteiger partial charge in [-0.15, -0.1) is 0 Å². The van der Waals surface area contributed by atoms with Crippen LogP contribution in [0.25, 0.3) is 0 Å². The predicted octanol–water partition coefficient (Wildman–Crippen LogP) is 2.92. The monoisotopic (exact) mass is 316 g/mol. The largest absolute Gasteiger partial charge is 0.357 e. The third-order valence-electron chi connectivity index (χ3n) is 5.09. The molecule has 1 unspecified atom stereocenters. The summed E-state index contributed by atoms with van der Waals surface area (Å²) in [5.41, 5.74) is 6.82. The van der Waals surface area contributed by atoms with E-state index in [1.807, 2.05) is 12.1 Å². The summed E-state index contributed by atoms with van der Waals surface area (Å²) >= 11 is 0. The maximum Gasteiger partial charge on any atom is 0.241 e. The molecule has 0 spiro atoms. The van der Waals surface area contributed by atoms with Crippen LogP contribution in [0.5, 0.6) is 0 Å². The van der Waals surface area contributed by atoms with Crippen molar-refractivity contribution < 1.29 is 4.79 Å². The number of anilines is 2. The van der Waals surface area contributed by atoms with Gasteiger partial charge in [0.05, 0.1) is 17.9 Å². The Hall–Kier alpha value is -1.62. The zero-order chi connectivity index (χ0) is 16.1. The maximum absolute atomic E-state index is 12.3. The minimum Gasteiger partial charge on any atom is -0.357 e. The first kappa shape index (κ1) is 16.2. The summed E-state index contributed by atoms with van der Waals surface area (Å²) in [6.07, 6.45) is 11.3. The second-order valence-corrected chi connectivity index (χ2v) is 6.93. The van der Waals surface area contributed by atoms with Crippen molar-refractivity contribution in [3.8, 4) is 0 Å². The van der Waals surface area contributed by atoms with Gasteiger partial charge in [0, 0.05) is 13.1 Å². The highest BCUT2D eigenvalue weighted by atomic mass is 16.2. The van der Waals surface area contributed by atoms with Gasteiger partial charge in [0.1, 0.15) is 5.82 Å². The van der Waals surface area contributed by atoms with Crippen molar-refractivity contribution in [3.05, 3.63) is 18.3 Å². The molecule has 0 aromatic carbocycles. The molecule has 1 amide bonds. The Kier molecular flexibility index (Phi) is 5.49. The zero-order valence-electron chi connectivity index (χ0n) is 13.8. The highest BCUT2D eigenvalue weighted by Crippen LogP contribution is 2.27. The van der Waals surface area contributed by atoms with E-state index in [4.69, 9.17) is 5.73 Å². The van der Waals surface area contributed by atoms with Crippen molar-refractivity contribution >= 4 is 17.4 Å². The van der Waals surface area contributed by atoms with Crippen molar-refractivity contribution in [2.24, 2.45) is 11.7 Å². The van der Waals surface area contributed by atoms with E-state index in [1.165, 1.54) is 44.9 Å². The van der Waals surface area contributed by atoms with Crippen molar-refractivity contribution in [1.29, 1.82) is 0 Å². The molecule has 1 aliphatic carbocycles. The Labute approximate surface area is 138 Å². The first-order valence-electron chi connectivity index (χ1n) is 9.00. The van der Waals surface area contributed by atoms with Gasteiger partial charge in [-0.2, -0.15) is 0 Å². The predicted molar refractivity (Wildman–Crippen MR) is 93.5 cm³/mol. The third-order valence-corrected chi connectivity index (χ3v) is 5.09. The molecule has 5 nitrogen and oxygen atoms in total. The van der Waals surface area contributed by atoms with Crippen molar-refractivity contribution in [2.75, 3.05) is 23.3 Å². The fourth-order valence-electron chi connectivity index (χ4n) is 3.72. The Balaban J connectivity index is 1.50. The summed E-state index contributed by atoms with van der Waals surface area (Å²) < 4.78 is 0. The molecule has 5 heteroatoms. The highest BCUT2D eigenvalue weighted by Gasteiger charge is 2.21. The van der Waals surface area contributed by atoms with Gasteiger partial charge in [-0.25, -0.2) is 4.98 Å². The molecule has 1 aliphatic heterocycles. The molecule has 1 aromatic heterocycles. The molecule has 3 rings (SSSR count). The number of carbonyl (C=O) groups is 1. The van der Waals surface area contributed by atoms with Crippen LogP contribution in [0.15, 0.2) is 18.3 Å². The van der Waals surface area contributed by atoms with Crippen molar-refractivity contribution in [3.63, 3.8) is 0 Å². The molecule has 0 bridgehead atoms. The van der Waals surface area contributed by atoms with Crippen LogP contribution in [0, 0.1) is 5.92 Å². The number of pyridine rings is 1. The van der Waals surface area contributed by atoms with Gasteiger partial charge in [0.15, 0.2) is 0 Å². The number of nitrogens with one attached hydrogen (secondary N) is 1. The lowest BCUT2D eigenvalue weighted by Gasteiger charge is -2.24. The molecule has 1 aromatic rings. The summed E-state index contributed by atoms with van der Waals surface area (Å²) in [5, 5.41) is 2.90. The molecule has 1 saturated heterocycles. The van der Waals surface area contributed by atoms with Gasteiger partial charge in [0.2, 0.25) is 5.91 Å². The fourth-order valence-corrected chi connectivity index (χ4v) is 3.72. The van der Waals surface area contributed by atoms with Crippen LogP contribution >= 0.6 is 0 Å². The molecule has 3 N–H and O–H groups in total. The van der Waals surface area contributed by atoms with E-state index < -0.39 is 6.04 Å². The summed E-state index contributed by atoms with van der Waals surface area (Å²) in [7, 11) is 0. The van der Waals surface area contributed by atoms with E-state index in [-0.39, 0.29) is 5.91 Å². The summed E-state index contributed by atoms with van der Waals surface area (Å²) in [4.78, 5) is 19.0. The lowest BCUT2D eigenvalue weighted by molar-refractivity contribution is -0.117. The first-order valence-corrected chi connectivity index (χ1v) is 9.00. The van der Waals surface area contributed by atoms with Crippen LogP contribution in [0.4, 0.5) is 11.5 Å². The van der Waals surface area contributed by atoms with E-state index in [2.05, 4.69) is 15.2 Å². The molecule has 2 heterocycles. The molecule has 2 aliphatic rings. The van der Waals surface area contributed by atoms with Crippen molar-refractivity contribution in [2.45, 2.75) is 57.4 Å². The quantitative estimate of drug-likeness (QED) is 0.876. The van der Waals surface area contributed by atoms with Crippen LogP contribution in [-0.4, -0.2) is 30.0 Å². The topological polar surface area (TPSA) is 71.2 Å². The van der Waals surface area contributed by atoms with Gasteiger partial charge < -0.3 is 16.0 Å². The Morgan fingerprint density at radius 3 is 2.61 bits per heavy atom. The van der Waals surface area contributed by atoms with Gasteiger partial charge in [-0.05, 0) is 37.3 Å². The lowest BCUT2D eigenvalue weighted by Crippen LogP contribution is -2.37. The number of carbonyl (C=O) groups excluding carboxylic acids is 1. The second kappa shape index (κ2) is 7.77. The number of amides is 1. The van der Waals surface area contributed by atoms with Gasteiger partial charge >= 0.3 is 0 Å². The molecular weight excluding hydrogens is 288 g/mol. The van der Waals surface area contributed by atoms with Crippen LogP contribution in [-0.2, 0) is 4.79 Å². The Bertz CT molecular complexity index is 504. The standard InChI is InChI=1S/C18H28N4O/c19-16(12-14-6-2-1-3-7-14)18(23)21-15-8-9-17(20-13-15)22-10-4-5-11-22/h8-9,13-14,16H,1-7,10-12,19H2,(H,21,23). The van der Waals surface area contributed by atoms with E-state index in [1.54, 1.807) is 6.20 Å². The van der Waals surface area contributed by atoms with Gasteiger partial charge in [0.25, 0.3) is 0 Å². The van der Waals surface area contributed by atoms with Crippen molar-refractivity contribution in [1.82, 2.24) is 4.98 Å². The SMILES string of the molecule is NC(CC1CCCCC1)C(=O)Nc1ccc(N2CCCC2)nc1. The second-order valence-electron chi connectivity index (χ2n) is 6.93. The van der Waals surface area contributed by atoms with Gasteiger partial charge in [-0.1, -0.05) is 32.1 Å². The molecule has 2 fully saturated rings. The maximum atomic E-state index is 12.3. The average molecular weight is 316 g/mol. The smallest absolute Gasteiger partial charge is 0.241 e. The third kappa shape index (κ3) is 4.44. The van der Waals surface area contributed by atoms with Crippen LogP contribution in [0.2, 0.25) is 0 Å². The molecule has 0 radical (unpaired) electrons. The lowest BCUT2D eigenvalue weighted by atomic mass is 9.85. The van der Waals surface area contributed by atoms with Crippen LogP contribution in [0.1, 0.15) is 51.4 Å². The summed E-state index contributed by atoms with van der Waals surface area (Å²) in [5.74, 6) is 1.51. The molecule has 1 atom stereocenters. The molecule has 126 valence electrons. The van der Waals surface area contributed by atoms with E-state index >= 15 is 0 Å². The van der Waals surface area contributed by atoms with Crippen LogP contribution in [0.3, 0.4) is 0 Å². The summed E-state index contributed by atoms with van der Waals surface area (Å²) in [6.45, 7) is 2.15. The molecular formula is C18H28N4O. The van der Waals surface area contributed by atoms with Gasteiger partial charge in [-0.3, -0.25) is 4.79 Å². The van der Waals surface area contributed by atoms with Crippen LogP contribution < -0.4 is 16.0 Å². The average Bonchev–Trinajstić information content (AvgIpc) is 3.11.